The van der Waals surface area contributed by atoms with Crippen molar-refractivity contribution in [3.05, 3.63) is 240 Å². The van der Waals surface area contributed by atoms with Crippen LogP contribution in [-0.4, -0.2) is 12.2 Å². The van der Waals surface area contributed by atoms with E-state index in [1.165, 1.54) is 77.2 Å². The number of allylic oxidation sites excluding steroid dienone is 1. The second kappa shape index (κ2) is 12.7. The number of ether oxygens (including phenoxy) is 2. The molecule has 0 fully saturated rings. The molecule has 1 aliphatic heterocycles. The lowest BCUT2D eigenvalue weighted by molar-refractivity contribution is 0.0748. The van der Waals surface area contributed by atoms with Crippen LogP contribution in [0.15, 0.2) is 218 Å². The molecule has 1 heterocycles. The van der Waals surface area contributed by atoms with Gasteiger partial charge in [0.2, 0.25) is 0 Å². The molecule has 0 amide bonds. The predicted molar refractivity (Wildman–Crippen MR) is 244 cm³/mol. The molecule has 1 spiro atoms. The summed E-state index contributed by atoms with van der Waals surface area (Å²) in [4.78, 5) is 2.41. The van der Waals surface area contributed by atoms with Gasteiger partial charge in [-0.05, 0) is 109 Å². The second-order valence-corrected chi connectivity index (χ2v) is 16.2. The van der Waals surface area contributed by atoms with E-state index >= 15 is 0 Å². The molecule has 4 aliphatic rings. The summed E-state index contributed by atoms with van der Waals surface area (Å²) in [7, 11) is 0. The normalized spacial score (nSPS) is 17.1. The highest BCUT2D eigenvalue weighted by Gasteiger charge is 2.52. The van der Waals surface area contributed by atoms with E-state index in [1.807, 2.05) is 0 Å². The van der Waals surface area contributed by atoms with Crippen molar-refractivity contribution < 1.29 is 9.47 Å². The first-order valence-corrected chi connectivity index (χ1v) is 20.8. The lowest BCUT2D eigenvalue weighted by Crippen LogP contribution is -2.40. The molecule has 0 bridgehead atoms. The summed E-state index contributed by atoms with van der Waals surface area (Å²) in [5.41, 5.74) is 15.4. The zero-order valence-corrected chi connectivity index (χ0v) is 32.6. The van der Waals surface area contributed by atoms with E-state index in [2.05, 4.69) is 217 Å². The summed E-state index contributed by atoms with van der Waals surface area (Å²) < 4.78 is 14.1. The van der Waals surface area contributed by atoms with E-state index in [0.717, 1.165) is 28.6 Å². The number of rotatable bonds is 4. The Bertz CT molecular complexity index is 3250. The minimum atomic E-state index is -0.443. The molecule has 60 heavy (non-hydrogen) atoms. The van der Waals surface area contributed by atoms with Gasteiger partial charge < -0.3 is 14.4 Å². The fourth-order valence-corrected chi connectivity index (χ4v) is 10.7. The molecule has 9 aromatic carbocycles. The van der Waals surface area contributed by atoms with Crippen molar-refractivity contribution in [2.45, 2.75) is 17.6 Å². The topological polar surface area (TPSA) is 21.7 Å². The van der Waals surface area contributed by atoms with Crippen molar-refractivity contribution in [3.8, 4) is 44.9 Å². The number of hydrogen-bond donors (Lipinski definition) is 0. The van der Waals surface area contributed by atoms with Gasteiger partial charge in [-0.2, -0.15) is 0 Å². The third-order valence-electron chi connectivity index (χ3n) is 13.2. The average Bonchev–Trinajstić information content (AvgIpc) is 3.77. The molecule has 0 saturated heterocycles. The van der Waals surface area contributed by atoms with Gasteiger partial charge in [0.1, 0.15) is 0 Å². The first-order valence-electron chi connectivity index (χ1n) is 20.8. The molecule has 0 aromatic heterocycles. The Morgan fingerprint density at radius 1 is 0.400 bits per heavy atom. The van der Waals surface area contributed by atoms with Crippen LogP contribution < -0.4 is 14.4 Å². The summed E-state index contributed by atoms with van der Waals surface area (Å²) in [5.74, 6) is 1.54. The van der Waals surface area contributed by atoms with Crippen molar-refractivity contribution in [1.82, 2.24) is 0 Å². The number of nitrogens with zero attached hydrogens (tertiary/aromatic N) is 1. The SMILES string of the molecule is C1=CC2Oc3cc4c(cc3OC2C=C1N(c1cccc2ccccc12)c1ccc(-c2ccccc2)c2ccccc12)-c1ccccc1C41c2ccccc2-c2ccccc21. The van der Waals surface area contributed by atoms with Gasteiger partial charge in [0.25, 0.3) is 0 Å². The maximum absolute atomic E-state index is 7.09. The predicted octanol–water partition coefficient (Wildman–Crippen LogP) is 13.8. The monoisotopic (exact) mass is 767 g/mol. The first-order chi connectivity index (χ1) is 29.8. The molecular weight excluding hydrogens is 731 g/mol. The van der Waals surface area contributed by atoms with Crippen molar-refractivity contribution >= 4 is 32.9 Å². The number of benzene rings is 9. The van der Waals surface area contributed by atoms with E-state index in [1.54, 1.807) is 0 Å². The fourth-order valence-electron chi connectivity index (χ4n) is 10.7. The van der Waals surface area contributed by atoms with Crippen LogP contribution in [0.2, 0.25) is 0 Å². The van der Waals surface area contributed by atoms with Crippen LogP contribution >= 0.6 is 0 Å². The molecule has 282 valence electrons. The largest absolute Gasteiger partial charge is 0.478 e. The van der Waals surface area contributed by atoms with Crippen LogP contribution in [0.4, 0.5) is 11.4 Å². The van der Waals surface area contributed by atoms with Gasteiger partial charge in [0.05, 0.1) is 16.8 Å². The molecule has 3 heteroatoms. The van der Waals surface area contributed by atoms with Crippen LogP contribution in [0, 0.1) is 0 Å². The highest BCUT2D eigenvalue weighted by molar-refractivity contribution is 6.08. The van der Waals surface area contributed by atoms with E-state index in [-0.39, 0.29) is 12.2 Å². The molecule has 0 saturated carbocycles. The van der Waals surface area contributed by atoms with E-state index < -0.39 is 5.41 Å². The summed E-state index contributed by atoms with van der Waals surface area (Å²) in [6.07, 6.45) is 6.00. The van der Waals surface area contributed by atoms with Gasteiger partial charge in [-0.1, -0.05) is 170 Å². The average molecular weight is 768 g/mol. The van der Waals surface area contributed by atoms with Gasteiger partial charge in [-0.3, -0.25) is 0 Å². The smallest absolute Gasteiger partial charge is 0.163 e. The second-order valence-electron chi connectivity index (χ2n) is 16.2. The Morgan fingerprint density at radius 3 is 1.72 bits per heavy atom. The summed E-state index contributed by atoms with van der Waals surface area (Å²) in [6.45, 7) is 0. The Morgan fingerprint density at radius 2 is 0.967 bits per heavy atom. The molecule has 13 rings (SSSR count). The minimum Gasteiger partial charge on any atom is -0.478 e. The van der Waals surface area contributed by atoms with Crippen LogP contribution in [0.25, 0.3) is 54.9 Å². The highest BCUT2D eigenvalue weighted by Crippen LogP contribution is 2.64. The lowest BCUT2D eigenvalue weighted by atomic mass is 9.70. The van der Waals surface area contributed by atoms with Gasteiger partial charge in [0.15, 0.2) is 23.7 Å². The number of fused-ring (bicyclic) bond motifs is 14. The van der Waals surface area contributed by atoms with Crippen LogP contribution in [0.3, 0.4) is 0 Å². The zero-order chi connectivity index (χ0) is 39.4. The summed E-state index contributed by atoms with van der Waals surface area (Å²) >= 11 is 0. The molecular formula is C57H37NO2. The maximum Gasteiger partial charge on any atom is 0.163 e. The van der Waals surface area contributed by atoms with Gasteiger partial charge in [-0.25, -0.2) is 0 Å². The molecule has 2 unspecified atom stereocenters. The Balaban J connectivity index is 0.962. The van der Waals surface area contributed by atoms with Gasteiger partial charge in [0, 0.05) is 16.5 Å². The zero-order valence-electron chi connectivity index (χ0n) is 32.6. The molecule has 0 radical (unpaired) electrons. The van der Waals surface area contributed by atoms with Crippen molar-refractivity contribution in [2.24, 2.45) is 0 Å². The van der Waals surface area contributed by atoms with Crippen LogP contribution in [-0.2, 0) is 5.41 Å². The maximum atomic E-state index is 7.09. The Kier molecular flexibility index (Phi) is 7.06. The molecule has 2 atom stereocenters. The fraction of sp³-hybridized carbons (Fsp3) is 0.0526. The summed E-state index contributed by atoms with van der Waals surface area (Å²) in [6, 6.07) is 70.4. The molecule has 3 aliphatic carbocycles. The lowest BCUT2D eigenvalue weighted by Gasteiger charge is -2.37. The van der Waals surface area contributed by atoms with Crippen LogP contribution in [0.1, 0.15) is 22.3 Å². The van der Waals surface area contributed by atoms with Crippen molar-refractivity contribution in [3.63, 3.8) is 0 Å². The Hall–Kier alpha value is -7.62. The van der Waals surface area contributed by atoms with E-state index in [0.29, 0.717) is 0 Å². The van der Waals surface area contributed by atoms with Gasteiger partial charge in [-0.15, -0.1) is 0 Å². The third kappa shape index (κ3) is 4.60. The molecule has 9 aromatic rings. The standard InChI is InChI=1S/C57H37NO2/c1-2-15-36(16-3-1)39-30-31-52(45-24-7-6-20-41(39)45)58(51-28-14-18-37-17-4-5-19-40(37)51)38-29-32-53-54(33-38)60-55-34-46-44-23-10-13-27-49(44)57(50(46)35-56(55)59-53)47-25-11-8-21-42(47)43-22-9-12-26-48(43)57/h1-35,53-54H. The first kappa shape index (κ1) is 33.4. The molecule has 0 N–H and O–H groups in total. The van der Waals surface area contributed by atoms with E-state index in [9.17, 15) is 0 Å². The third-order valence-corrected chi connectivity index (χ3v) is 13.2. The van der Waals surface area contributed by atoms with E-state index in [4.69, 9.17) is 9.47 Å². The van der Waals surface area contributed by atoms with Crippen molar-refractivity contribution in [2.75, 3.05) is 4.90 Å². The number of hydrogen-bond acceptors (Lipinski definition) is 3. The number of anilines is 2. The highest BCUT2D eigenvalue weighted by atomic mass is 16.6. The van der Waals surface area contributed by atoms with Gasteiger partial charge >= 0.3 is 0 Å². The molecule has 3 nitrogen and oxygen atoms in total. The van der Waals surface area contributed by atoms with Crippen LogP contribution in [0.5, 0.6) is 11.5 Å². The minimum absolute atomic E-state index is 0.297. The quantitative estimate of drug-likeness (QED) is 0.178. The van der Waals surface area contributed by atoms with Crippen molar-refractivity contribution in [1.29, 1.82) is 0 Å². The summed E-state index contributed by atoms with van der Waals surface area (Å²) in [5, 5.41) is 4.74. The Labute approximate surface area is 348 Å².